The fourth-order valence-corrected chi connectivity index (χ4v) is 6.97. The van der Waals surface area contributed by atoms with Crippen molar-refractivity contribution in [2.24, 2.45) is 12.5 Å². The van der Waals surface area contributed by atoms with Gasteiger partial charge in [0.05, 0.1) is 34.8 Å². The van der Waals surface area contributed by atoms with Crippen LogP contribution in [0.3, 0.4) is 0 Å². The molecule has 52 heavy (non-hydrogen) atoms. The van der Waals surface area contributed by atoms with E-state index in [0.29, 0.717) is 33.4 Å². The Morgan fingerprint density at radius 2 is 1.77 bits per heavy atom. The van der Waals surface area contributed by atoms with E-state index in [1.165, 1.54) is 30.9 Å². The third kappa shape index (κ3) is 6.31. The van der Waals surface area contributed by atoms with Gasteiger partial charge in [0.1, 0.15) is 23.9 Å². The van der Waals surface area contributed by atoms with Crippen molar-refractivity contribution in [3.05, 3.63) is 111 Å². The van der Waals surface area contributed by atoms with E-state index in [-0.39, 0.29) is 34.3 Å². The molecule has 0 saturated carbocycles. The maximum Gasteiger partial charge on any atom is 0.302 e. The summed E-state index contributed by atoms with van der Waals surface area (Å²) in [6.45, 7) is 17.0. The fraction of sp³-hybridized carbons (Fsp3) is 0.333. The van der Waals surface area contributed by atoms with Crippen molar-refractivity contribution in [1.29, 1.82) is 0 Å². The smallest absolute Gasteiger partial charge is 0.302 e. The molecule has 0 amide bonds. The lowest BCUT2D eigenvalue weighted by Crippen LogP contribution is -2.71. The van der Waals surface area contributed by atoms with Gasteiger partial charge >= 0.3 is 5.97 Å². The van der Waals surface area contributed by atoms with Gasteiger partial charge in [-0.3, -0.25) is 14.4 Å². The van der Waals surface area contributed by atoms with Gasteiger partial charge in [-0.15, -0.1) is 0 Å². The second-order valence-corrected chi connectivity index (χ2v) is 15.0. The molecule has 1 N–H and O–H groups in total. The average molecular weight is 705 g/mol. The van der Waals surface area contributed by atoms with Crippen LogP contribution < -0.4 is 21.3 Å². The van der Waals surface area contributed by atoms with Crippen LogP contribution in [0.15, 0.2) is 82.8 Å². The minimum Gasteiger partial charge on any atom is -0.461 e. The number of fused-ring (bicyclic) bond motifs is 1. The van der Waals surface area contributed by atoms with Crippen LogP contribution in [0, 0.1) is 11.2 Å². The van der Waals surface area contributed by atoms with Crippen LogP contribution in [0.1, 0.15) is 45.7 Å². The Kier molecular flexibility index (Phi) is 8.47. The molecule has 13 heteroatoms. The number of carbonyl (C=O) groups is 1. The minimum absolute atomic E-state index is 0.108. The standard InChI is InChI=1S/C39H41FN8O4/c1-23(2)46-19-39(20-46)21-47(22-39)27-11-12-34(41-17-27)43-32-15-31(44-45(7)36(32)50)28-9-8-10-33(29(28)18-52-24(3)49)48-37(51)35-25(16-42-48)13-26(14-30(35)40)38(4,5)6/h8-17H,1,18-22H2,2-7H3,(H,41,43). The molecular weight excluding hydrogens is 663 g/mol. The predicted octanol–water partition coefficient (Wildman–Crippen LogP) is 5.44. The first-order valence-corrected chi connectivity index (χ1v) is 17.1. The van der Waals surface area contributed by atoms with Crippen molar-refractivity contribution >= 4 is 33.9 Å². The van der Waals surface area contributed by atoms with Crippen LogP contribution in [-0.4, -0.2) is 61.6 Å². The van der Waals surface area contributed by atoms with Gasteiger partial charge in [0.15, 0.2) is 0 Å². The Morgan fingerprint density at radius 1 is 1.02 bits per heavy atom. The van der Waals surface area contributed by atoms with Gasteiger partial charge in [0, 0.05) is 67.8 Å². The van der Waals surface area contributed by atoms with E-state index in [1.54, 1.807) is 36.5 Å². The van der Waals surface area contributed by atoms with Gasteiger partial charge in [-0.1, -0.05) is 39.5 Å². The van der Waals surface area contributed by atoms with Crippen LogP contribution >= 0.6 is 0 Å². The third-order valence-electron chi connectivity index (χ3n) is 9.86. The number of anilines is 3. The van der Waals surface area contributed by atoms with E-state index in [1.807, 2.05) is 39.8 Å². The number of benzene rings is 2. The summed E-state index contributed by atoms with van der Waals surface area (Å²) in [6.07, 6.45) is 3.24. The summed E-state index contributed by atoms with van der Waals surface area (Å²) >= 11 is 0. The van der Waals surface area contributed by atoms with E-state index >= 15 is 4.39 Å². The highest BCUT2D eigenvalue weighted by atomic mass is 19.1. The molecule has 5 heterocycles. The van der Waals surface area contributed by atoms with Crippen LogP contribution in [0.5, 0.6) is 0 Å². The molecule has 0 radical (unpaired) electrons. The Labute approximate surface area is 300 Å². The number of allylic oxidation sites excluding steroid dienone is 1. The van der Waals surface area contributed by atoms with E-state index in [2.05, 4.69) is 36.9 Å². The number of likely N-dealkylation sites (tertiary alicyclic amines) is 1. The van der Waals surface area contributed by atoms with Gasteiger partial charge in [0.2, 0.25) is 0 Å². The van der Waals surface area contributed by atoms with Crippen molar-refractivity contribution in [3.63, 3.8) is 0 Å². The number of esters is 1. The summed E-state index contributed by atoms with van der Waals surface area (Å²) < 4.78 is 23.3. The molecule has 0 unspecified atom stereocenters. The molecule has 0 bridgehead atoms. The summed E-state index contributed by atoms with van der Waals surface area (Å²) in [5.41, 5.74) is 3.47. The van der Waals surface area contributed by atoms with Gasteiger partial charge in [-0.05, 0) is 54.3 Å². The van der Waals surface area contributed by atoms with Gasteiger partial charge < -0.3 is 19.9 Å². The number of rotatable bonds is 8. The zero-order valence-corrected chi connectivity index (χ0v) is 30.2. The summed E-state index contributed by atoms with van der Waals surface area (Å²) in [5, 5.41) is 12.3. The van der Waals surface area contributed by atoms with E-state index in [0.717, 1.165) is 47.8 Å². The Balaban J connectivity index is 1.21. The highest BCUT2D eigenvalue weighted by Crippen LogP contribution is 2.43. The predicted molar refractivity (Wildman–Crippen MR) is 198 cm³/mol. The summed E-state index contributed by atoms with van der Waals surface area (Å²) in [5.74, 6) is -0.719. The van der Waals surface area contributed by atoms with Crippen molar-refractivity contribution in [1.82, 2.24) is 29.4 Å². The van der Waals surface area contributed by atoms with E-state index in [4.69, 9.17) is 4.74 Å². The monoisotopic (exact) mass is 704 g/mol. The molecule has 268 valence electrons. The Bertz CT molecular complexity index is 2360. The number of pyridine rings is 1. The second kappa shape index (κ2) is 12.7. The number of aryl methyl sites for hydroxylation is 1. The van der Waals surface area contributed by atoms with Crippen molar-refractivity contribution in [2.75, 3.05) is 36.4 Å². The molecular formula is C39H41FN8O4. The number of nitrogens with zero attached hydrogens (tertiary/aromatic N) is 7. The molecule has 12 nitrogen and oxygen atoms in total. The molecule has 0 aliphatic carbocycles. The molecule has 2 aliphatic heterocycles. The lowest BCUT2D eigenvalue weighted by atomic mass is 9.72. The lowest BCUT2D eigenvalue weighted by Gasteiger charge is -2.61. The Hall–Kier alpha value is -5.85. The topological polar surface area (TPSA) is 127 Å². The quantitative estimate of drug-likeness (QED) is 0.209. The lowest BCUT2D eigenvalue weighted by molar-refractivity contribution is -0.142. The highest BCUT2D eigenvalue weighted by Gasteiger charge is 2.51. The number of aromatic nitrogens is 5. The normalized spacial score (nSPS) is 15.0. The number of nitrogens with one attached hydrogen (secondary N) is 1. The zero-order valence-electron chi connectivity index (χ0n) is 30.2. The highest BCUT2D eigenvalue weighted by molar-refractivity contribution is 5.83. The minimum atomic E-state index is -0.670. The van der Waals surface area contributed by atoms with Crippen LogP contribution in [-0.2, 0) is 28.6 Å². The number of ether oxygens (including phenoxy) is 1. The first-order chi connectivity index (χ1) is 24.6. The molecule has 2 aromatic carbocycles. The number of hydrogen-bond acceptors (Lipinski definition) is 10. The van der Waals surface area contributed by atoms with Crippen LogP contribution in [0.4, 0.5) is 21.6 Å². The maximum absolute atomic E-state index is 15.5. The molecule has 2 aliphatic rings. The molecule has 3 aromatic heterocycles. The van der Waals surface area contributed by atoms with Crippen molar-refractivity contribution < 1.29 is 13.9 Å². The summed E-state index contributed by atoms with van der Waals surface area (Å²) in [7, 11) is 1.53. The van der Waals surface area contributed by atoms with E-state index < -0.39 is 17.3 Å². The summed E-state index contributed by atoms with van der Waals surface area (Å²) in [4.78, 5) is 48.3. The molecule has 5 aromatic rings. The van der Waals surface area contributed by atoms with Crippen LogP contribution in [0.25, 0.3) is 27.7 Å². The second-order valence-electron chi connectivity index (χ2n) is 15.0. The first-order valence-electron chi connectivity index (χ1n) is 17.1. The summed E-state index contributed by atoms with van der Waals surface area (Å²) in [6, 6.07) is 13.6. The average Bonchev–Trinajstić information content (AvgIpc) is 3.04. The number of carbonyl (C=O) groups excluding carboxylic acids is 1. The largest absolute Gasteiger partial charge is 0.461 e. The van der Waals surface area contributed by atoms with Crippen LogP contribution in [0.2, 0.25) is 0 Å². The fourth-order valence-electron chi connectivity index (χ4n) is 6.97. The van der Waals surface area contributed by atoms with E-state index in [9.17, 15) is 14.4 Å². The van der Waals surface area contributed by atoms with Crippen molar-refractivity contribution in [2.45, 2.75) is 46.6 Å². The van der Waals surface area contributed by atoms with Gasteiger partial charge in [-0.2, -0.15) is 14.9 Å². The molecule has 7 rings (SSSR count). The van der Waals surface area contributed by atoms with Gasteiger partial charge in [-0.25, -0.2) is 14.1 Å². The van der Waals surface area contributed by atoms with Crippen molar-refractivity contribution in [3.8, 4) is 16.9 Å². The maximum atomic E-state index is 15.5. The molecule has 2 fully saturated rings. The number of hydrogen-bond donors (Lipinski definition) is 1. The SMILES string of the molecule is C=C(C)N1CC2(C1)CN(c1ccc(Nc3cc(-c4cccc(-n5ncc6cc(C(C)(C)C)cc(F)c6c5=O)c4COC(C)=O)nn(C)c3=O)nc1)C2. The molecule has 0 atom stereocenters. The first kappa shape index (κ1) is 34.6. The Morgan fingerprint density at radius 3 is 2.42 bits per heavy atom. The molecule has 1 spiro atoms. The van der Waals surface area contributed by atoms with Gasteiger partial charge in [0.25, 0.3) is 11.1 Å². The number of halogens is 1. The molecule has 2 saturated heterocycles. The third-order valence-corrected chi connectivity index (χ3v) is 9.86. The zero-order chi connectivity index (χ0) is 37.1.